The summed E-state index contributed by atoms with van der Waals surface area (Å²) in [5.41, 5.74) is 0.341. The van der Waals surface area contributed by atoms with Gasteiger partial charge in [0.2, 0.25) is 0 Å². The Morgan fingerprint density at radius 1 is 1.10 bits per heavy atom. The van der Waals surface area contributed by atoms with Crippen molar-refractivity contribution in [1.82, 2.24) is 0 Å². The van der Waals surface area contributed by atoms with Crippen molar-refractivity contribution in [3.05, 3.63) is 0 Å². The molecule has 0 aromatic carbocycles. The maximum absolute atomic E-state index is 9.79. The van der Waals surface area contributed by atoms with Crippen molar-refractivity contribution in [2.24, 2.45) is 35.0 Å². The van der Waals surface area contributed by atoms with Gasteiger partial charge in [-0.05, 0) is 73.5 Å². The second-order valence-corrected chi connectivity index (χ2v) is 8.54. The Morgan fingerprint density at radius 3 is 2.25 bits per heavy atom. The molecule has 2 fully saturated rings. The third kappa shape index (κ3) is 3.57. The second-order valence-electron chi connectivity index (χ2n) is 8.54. The highest BCUT2D eigenvalue weighted by Crippen LogP contribution is 2.49. The van der Waals surface area contributed by atoms with Gasteiger partial charge in [0.15, 0.2) is 0 Å². The van der Waals surface area contributed by atoms with Gasteiger partial charge in [-0.2, -0.15) is 0 Å². The van der Waals surface area contributed by atoms with E-state index in [0.29, 0.717) is 35.7 Å². The molecule has 2 aliphatic rings. The first-order chi connectivity index (χ1) is 9.33. The molecular formula is C18H34O2. The number of hydrogen-bond acceptors (Lipinski definition) is 2. The summed E-state index contributed by atoms with van der Waals surface area (Å²) >= 11 is 0. The quantitative estimate of drug-likeness (QED) is 0.804. The summed E-state index contributed by atoms with van der Waals surface area (Å²) in [6, 6.07) is 0. The molecule has 2 rings (SSSR count). The van der Waals surface area contributed by atoms with Crippen LogP contribution in [0.25, 0.3) is 0 Å². The smallest absolute Gasteiger partial charge is 0.0543 e. The Bertz CT molecular complexity index is 311. The van der Waals surface area contributed by atoms with Crippen molar-refractivity contribution in [3.8, 4) is 0 Å². The maximum atomic E-state index is 9.79. The highest BCUT2D eigenvalue weighted by atomic mass is 16.3. The molecule has 2 nitrogen and oxygen atoms in total. The topological polar surface area (TPSA) is 40.5 Å². The van der Waals surface area contributed by atoms with E-state index in [1.165, 1.54) is 25.7 Å². The van der Waals surface area contributed by atoms with Gasteiger partial charge in [0, 0.05) is 6.61 Å². The maximum Gasteiger partial charge on any atom is 0.0543 e. The Kier molecular flexibility index (Phi) is 5.18. The van der Waals surface area contributed by atoms with E-state index in [4.69, 9.17) is 0 Å². The summed E-state index contributed by atoms with van der Waals surface area (Å²) in [5, 5.41) is 19.4. The van der Waals surface area contributed by atoms with Crippen LogP contribution < -0.4 is 0 Å². The lowest BCUT2D eigenvalue weighted by Crippen LogP contribution is -2.25. The van der Waals surface area contributed by atoms with Crippen molar-refractivity contribution in [1.29, 1.82) is 0 Å². The molecule has 2 saturated carbocycles. The SMILES string of the molecule is CC(C)C1CC(CC(C)(C)C2CCC(O)C2)CC1CO. The molecule has 20 heavy (non-hydrogen) atoms. The molecule has 2 N–H and O–H groups in total. The molecule has 0 spiro atoms. The fourth-order valence-corrected chi connectivity index (χ4v) is 5.05. The van der Waals surface area contributed by atoms with Gasteiger partial charge < -0.3 is 10.2 Å². The van der Waals surface area contributed by atoms with Crippen molar-refractivity contribution < 1.29 is 10.2 Å². The lowest BCUT2D eigenvalue weighted by molar-refractivity contribution is 0.129. The average Bonchev–Trinajstić information content (AvgIpc) is 2.95. The van der Waals surface area contributed by atoms with Crippen molar-refractivity contribution in [3.63, 3.8) is 0 Å². The summed E-state index contributed by atoms with van der Waals surface area (Å²) < 4.78 is 0. The number of rotatable bonds is 5. The number of aliphatic hydroxyl groups excluding tert-OH is 2. The Labute approximate surface area is 125 Å². The lowest BCUT2D eigenvalue weighted by Gasteiger charge is -2.34. The van der Waals surface area contributed by atoms with E-state index in [-0.39, 0.29) is 6.10 Å². The molecule has 5 atom stereocenters. The predicted molar refractivity (Wildman–Crippen MR) is 83.4 cm³/mol. The molecule has 5 unspecified atom stereocenters. The first-order valence-electron chi connectivity index (χ1n) is 8.62. The molecule has 2 aliphatic carbocycles. The van der Waals surface area contributed by atoms with Crippen LogP contribution in [0.1, 0.15) is 66.2 Å². The summed E-state index contributed by atoms with van der Waals surface area (Å²) in [5.74, 6) is 3.36. The van der Waals surface area contributed by atoms with E-state index in [1.807, 2.05) is 0 Å². The number of hydrogen-bond donors (Lipinski definition) is 2. The van der Waals surface area contributed by atoms with Gasteiger partial charge in [-0.1, -0.05) is 27.7 Å². The highest BCUT2D eigenvalue weighted by molar-refractivity contribution is 4.91. The largest absolute Gasteiger partial charge is 0.396 e. The summed E-state index contributed by atoms with van der Waals surface area (Å²) in [7, 11) is 0. The molecular weight excluding hydrogens is 248 g/mol. The molecule has 0 heterocycles. The zero-order chi connectivity index (χ0) is 14.9. The first-order valence-corrected chi connectivity index (χ1v) is 8.62. The van der Waals surface area contributed by atoms with E-state index in [9.17, 15) is 10.2 Å². The molecule has 0 saturated heterocycles. The Hall–Kier alpha value is -0.0800. The second kappa shape index (κ2) is 6.36. The monoisotopic (exact) mass is 282 g/mol. The van der Waals surface area contributed by atoms with Gasteiger partial charge in [-0.15, -0.1) is 0 Å². The van der Waals surface area contributed by atoms with Crippen LogP contribution in [-0.2, 0) is 0 Å². The standard InChI is InChI=1S/C18H34O2/c1-12(2)17-8-13(7-14(17)11-19)10-18(3,4)15-5-6-16(20)9-15/h12-17,19-20H,5-11H2,1-4H3. The van der Waals surface area contributed by atoms with Crippen LogP contribution >= 0.6 is 0 Å². The van der Waals surface area contributed by atoms with Crippen LogP contribution in [0.2, 0.25) is 0 Å². The van der Waals surface area contributed by atoms with Crippen molar-refractivity contribution >= 4 is 0 Å². The van der Waals surface area contributed by atoms with Gasteiger partial charge in [-0.25, -0.2) is 0 Å². The highest BCUT2D eigenvalue weighted by Gasteiger charge is 2.41. The van der Waals surface area contributed by atoms with Gasteiger partial charge >= 0.3 is 0 Å². The van der Waals surface area contributed by atoms with E-state index < -0.39 is 0 Å². The van der Waals surface area contributed by atoms with Crippen LogP contribution in [0.3, 0.4) is 0 Å². The van der Waals surface area contributed by atoms with Gasteiger partial charge in [0.05, 0.1) is 6.10 Å². The lowest BCUT2D eigenvalue weighted by atomic mass is 9.71. The molecule has 0 radical (unpaired) electrons. The van der Waals surface area contributed by atoms with E-state index >= 15 is 0 Å². The van der Waals surface area contributed by atoms with E-state index in [0.717, 1.165) is 18.8 Å². The van der Waals surface area contributed by atoms with Crippen LogP contribution in [0, 0.1) is 35.0 Å². The predicted octanol–water partition coefficient (Wildman–Crippen LogP) is 3.85. The first kappa shape index (κ1) is 16.3. The molecule has 0 aromatic heterocycles. The average molecular weight is 282 g/mol. The van der Waals surface area contributed by atoms with Gasteiger partial charge in [-0.3, -0.25) is 0 Å². The molecule has 0 amide bonds. The summed E-state index contributed by atoms with van der Waals surface area (Å²) in [4.78, 5) is 0. The fourth-order valence-electron chi connectivity index (χ4n) is 5.05. The van der Waals surface area contributed by atoms with E-state index in [1.54, 1.807) is 0 Å². The Morgan fingerprint density at radius 2 is 1.80 bits per heavy atom. The van der Waals surface area contributed by atoms with Gasteiger partial charge in [0.1, 0.15) is 0 Å². The zero-order valence-electron chi connectivity index (χ0n) is 13.8. The van der Waals surface area contributed by atoms with Gasteiger partial charge in [0.25, 0.3) is 0 Å². The van der Waals surface area contributed by atoms with Crippen LogP contribution in [0.4, 0.5) is 0 Å². The van der Waals surface area contributed by atoms with Crippen LogP contribution in [0.15, 0.2) is 0 Å². The molecule has 0 aromatic rings. The molecule has 0 bridgehead atoms. The minimum atomic E-state index is -0.0588. The minimum Gasteiger partial charge on any atom is -0.396 e. The van der Waals surface area contributed by atoms with E-state index in [2.05, 4.69) is 27.7 Å². The minimum absolute atomic E-state index is 0.0588. The molecule has 0 aliphatic heterocycles. The van der Waals surface area contributed by atoms with Crippen LogP contribution in [-0.4, -0.2) is 22.9 Å². The summed E-state index contributed by atoms with van der Waals surface area (Å²) in [6.45, 7) is 9.75. The fraction of sp³-hybridized carbons (Fsp3) is 1.00. The van der Waals surface area contributed by atoms with Crippen molar-refractivity contribution in [2.45, 2.75) is 72.3 Å². The van der Waals surface area contributed by atoms with Crippen molar-refractivity contribution in [2.75, 3.05) is 6.61 Å². The zero-order valence-corrected chi connectivity index (χ0v) is 13.8. The Balaban J connectivity index is 1.93. The third-order valence-corrected chi connectivity index (χ3v) is 6.26. The normalized spacial score (nSPS) is 38.9. The summed E-state index contributed by atoms with van der Waals surface area (Å²) in [6.07, 6.45) is 6.89. The number of aliphatic hydroxyl groups is 2. The molecule has 118 valence electrons. The molecule has 2 heteroatoms. The van der Waals surface area contributed by atoms with Crippen LogP contribution in [0.5, 0.6) is 0 Å². The third-order valence-electron chi connectivity index (χ3n) is 6.26.